The Balaban J connectivity index is 1.65. The lowest BCUT2D eigenvalue weighted by atomic mass is 10.1. The molecule has 0 saturated heterocycles. The van der Waals surface area contributed by atoms with Crippen LogP contribution in [0.25, 0.3) is 5.69 Å². The fourth-order valence-corrected chi connectivity index (χ4v) is 4.16. The number of likely N-dealkylation sites (N-methyl/N-ethyl adjacent to an activating group) is 1. The lowest BCUT2D eigenvalue weighted by Gasteiger charge is -2.25. The van der Waals surface area contributed by atoms with Crippen molar-refractivity contribution >= 4 is 17.7 Å². The Labute approximate surface area is 182 Å². The van der Waals surface area contributed by atoms with Crippen LogP contribution in [0.2, 0.25) is 0 Å². The van der Waals surface area contributed by atoms with E-state index in [9.17, 15) is 4.79 Å². The van der Waals surface area contributed by atoms with Crippen LogP contribution >= 0.6 is 11.8 Å². The molecule has 0 radical (unpaired) electrons. The second kappa shape index (κ2) is 9.91. The van der Waals surface area contributed by atoms with Gasteiger partial charge in [-0.3, -0.25) is 9.36 Å². The second-order valence-corrected chi connectivity index (χ2v) is 8.58. The summed E-state index contributed by atoms with van der Waals surface area (Å²) < 4.78 is 2.02. The van der Waals surface area contributed by atoms with E-state index in [0.717, 1.165) is 22.2 Å². The molecular formula is C23H29N5OS. The maximum atomic E-state index is 12.5. The number of hydrogen-bond donors (Lipinski definition) is 1. The fraction of sp³-hybridized carbons (Fsp3) is 0.348. The third-order valence-electron chi connectivity index (χ3n) is 5.03. The molecule has 158 valence electrons. The molecule has 1 unspecified atom stereocenters. The van der Waals surface area contributed by atoms with Gasteiger partial charge in [-0.15, -0.1) is 10.2 Å². The molecule has 3 rings (SSSR count). The minimum Gasteiger partial charge on any atom is -0.353 e. The number of nitrogens with zero attached hydrogens (tertiary/aromatic N) is 4. The van der Waals surface area contributed by atoms with Crippen molar-refractivity contribution in [2.45, 2.75) is 32.0 Å². The van der Waals surface area contributed by atoms with E-state index < -0.39 is 0 Å². The summed E-state index contributed by atoms with van der Waals surface area (Å²) in [5, 5.41) is 12.3. The summed E-state index contributed by atoms with van der Waals surface area (Å²) in [4.78, 5) is 14.7. The maximum Gasteiger partial charge on any atom is 0.230 e. The number of thioether (sulfide) groups is 1. The molecule has 6 nitrogen and oxygen atoms in total. The highest BCUT2D eigenvalue weighted by Gasteiger charge is 2.17. The molecule has 7 heteroatoms. The van der Waals surface area contributed by atoms with E-state index in [1.807, 2.05) is 43.8 Å². The van der Waals surface area contributed by atoms with E-state index in [0.29, 0.717) is 6.54 Å². The molecule has 30 heavy (non-hydrogen) atoms. The second-order valence-electron chi connectivity index (χ2n) is 7.64. The smallest absolute Gasteiger partial charge is 0.230 e. The molecular weight excluding hydrogens is 394 g/mol. The standard InChI is InChI=1S/C23H29N5OS/c1-16-11-12-17(2)20(13-16)28-18(3)25-26-23(28)30-15-22(29)24-14-21(27(4)5)19-9-7-6-8-10-19/h6-13,21H,14-15H2,1-5H3,(H,24,29). The van der Waals surface area contributed by atoms with E-state index in [2.05, 4.69) is 64.6 Å². The van der Waals surface area contributed by atoms with Crippen molar-refractivity contribution in [2.75, 3.05) is 26.4 Å². The number of carbonyl (C=O) groups excluding carboxylic acids is 1. The maximum absolute atomic E-state index is 12.5. The van der Waals surface area contributed by atoms with Gasteiger partial charge in [0.05, 0.1) is 17.5 Å². The predicted octanol–water partition coefficient (Wildman–Crippen LogP) is 3.70. The zero-order valence-corrected chi connectivity index (χ0v) is 19.0. The molecule has 0 bridgehead atoms. The van der Waals surface area contributed by atoms with Gasteiger partial charge in [0.1, 0.15) is 5.82 Å². The van der Waals surface area contributed by atoms with E-state index >= 15 is 0 Å². The van der Waals surface area contributed by atoms with Crippen LogP contribution in [0.1, 0.15) is 28.6 Å². The first-order valence-corrected chi connectivity index (χ1v) is 11.0. The Morgan fingerprint density at radius 3 is 2.53 bits per heavy atom. The first-order chi connectivity index (χ1) is 14.4. The Kier molecular flexibility index (Phi) is 7.29. The zero-order valence-electron chi connectivity index (χ0n) is 18.2. The highest BCUT2D eigenvalue weighted by Crippen LogP contribution is 2.25. The Morgan fingerprint density at radius 1 is 1.10 bits per heavy atom. The molecule has 0 aliphatic carbocycles. The summed E-state index contributed by atoms with van der Waals surface area (Å²) >= 11 is 1.40. The number of benzene rings is 2. The van der Waals surface area contributed by atoms with Gasteiger partial charge in [0.2, 0.25) is 5.91 Å². The molecule has 0 fully saturated rings. The van der Waals surface area contributed by atoms with Gasteiger partial charge in [0.15, 0.2) is 5.16 Å². The van der Waals surface area contributed by atoms with Gasteiger partial charge in [-0.2, -0.15) is 0 Å². The Morgan fingerprint density at radius 2 is 1.83 bits per heavy atom. The van der Waals surface area contributed by atoms with Crippen LogP contribution in [0.5, 0.6) is 0 Å². The number of aryl methyl sites for hydroxylation is 3. The monoisotopic (exact) mass is 423 g/mol. The first kappa shape index (κ1) is 22.1. The molecule has 0 spiro atoms. The van der Waals surface area contributed by atoms with Crippen LogP contribution in [-0.4, -0.2) is 52.0 Å². The molecule has 0 aliphatic rings. The van der Waals surface area contributed by atoms with Gasteiger partial charge in [0.25, 0.3) is 0 Å². The Bertz CT molecular complexity index is 1000. The number of amides is 1. The van der Waals surface area contributed by atoms with Crippen molar-refractivity contribution in [3.63, 3.8) is 0 Å². The summed E-state index contributed by atoms with van der Waals surface area (Å²) in [5.74, 6) is 1.08. The predicted molar refractivity (Wildman–Crippen MR) is 122 cm³/mol. The summed E-state index contributed by atoms with van der Waals surface area (Å²) in [5.41, 5.74) is 4.55. The normalized spacial score (nSPS) is 12.2. The van der Waals surface area contributed by atoms with Crippen LogP contribution < -0.4 is 5.32 Å². The van der Waals surface area contributed by atoms with Gasteiger partial charge in [0, 0.05) is 6.54 Å². The molecule has 0 aliphatic heterocycles. The van der Waals surface area contributed by atoms with Crippen molar-refractivity contribution in [2.24, 2.45) is 0 Å². The number of hydrogen-bond acceptors (Lipinski definition) is 5. The summed E-state index contributed by atoms with van der Waals surface area (Å²) in [6.07, 6.45) is 0. The molecule has 3 aromatic rings. The third kappa shape index (κ3) is 5.29. The quantitative estimate of drug-likeness (QED) is 0.560. The molecule has 1 atom stereocenters. The van der Waals surface area contributed by atoms with Crippen LogP contribution in [0, 0.1) is 20.8 Å². The van der Waals surface area contributed by atoms with Crippen molar-refractivity contribution in [1.29, 1.82) is 0 Å². The molecule has 1 amide bonds. The highest BCUT2D eigenvalue weighted by atomic mass is 32.2. The van der Waals surface area contributed by atoms with E-state index in [4.69, 9.17) is 0 Å². The average molecular weight is 424 g/mol. The van der Waals surface area contributed by atoms with Crippen molar-refractivity contribution < 1.29 is 4.79 Å². The van der Waals surface area contributed by atoms with Crippen LogP contribution in [-0.2, 0) is 4.79 Å². The third-order valence-corrected chi connectivity index (χ3v) is 5.96. The minimum absolute atomic E-state index is 0.0176. The molecule has 2 aromatic carbocycles. The van der Waals surface area contributed by atoms with Gasteiger partial charge in [-0.25, -0.2) is 0 Å². The van der Waals surface area contributed by atoms with E-state index in [-0.39, 0.29) is 17.7 Å². The molecule has 1 N–H and O–H groups in total. The number of carbonyl (C=O) groups is 1. The summed E-state index contributed by atoms with van der Waals surface area (Å²) in [7, 11) is 4.04. The number of aromatic nitrogens is 3. The fourth-order valence-electron chi connectivity index (χ4n) is 3.34. The molecule has 1 heterocycles. The Hall–Kier alpha value is -2.64. The highest BCUT2D eigenvalue weighted by molar-refractivity contribution is 7.99. The van der Waals surface area contributed by atoms with Crippen molar-refractivity contribution in [3.8, 4) is 5.69 Å². The van der Waals surface area contributed by atoms with Gasteiger partial charge >= 0.3 is 0 Å². The summed E-state index contributed by atoms with van der Waals surface area (Å²) in [6, 6.07) is 16.6. The van der Waals surface area contributed by atoms with E-state index in [1.54, 1.807) is 0 Å². The van der Waals surface area contributed by atoms with Gasteiger partial charge in [-0.1, -0.05) is 54.2 Å². The van der Waals surface area contributed by atoms with Crippen LogP contribution in [0.3, 0.4) is 0 Å². The molecule has 1 aromatic heterocycles. The largest absolute Gasteiger partial charge is 0.353 e. The van der Waals surface area contributed by atoms with Crippen LogP contribution in [0.15, 0.2) is 53.7 Å². The van der Waals surface area contributed by atoms with Crippen molar-refractivity contribution in [3.05, 3.63) is 71.0 Å². The SMILES string of the molecule is Cc1ccc(C)c(-n2c(C)nnc2SCC(=O)NCC(c2ccccc2)N(C)C)c1. The topological polar surface area (TPSA) is 63.1 Å². The lowest BCUT2D eigenvalue weighted by molar-refractivity contribution is -0.118. The number of nitrogens with one attached hydrogen (secondary N) is 1. The lowest BCUT2D eigenvalue weighted by Crippen LogP contribution is -2.35. The number of rotatable bonds is 8. The van der Waals surface area contributed by atoms with Crippen molar-refractivity contribution in [1.82, 2.24) is 25.0 Å². The first-order valence-electron chi connectivity index (χ1n) is 9.97. The average Bonchev–Trinajstić information content (AvgIpc) is 3.09. The molecule has 0 saturated carbocycles. The summed E-state index contributed by atoms with van der Waals surface area (Å²) in [6.45, 7) is 6.62. The van der Waals surface area contributed by atoms with Crippen LogP contribution in [0.4, 0.5) is 0 Å². The minimum atomic E-state index is -0.0176. The van der Waals surface area contributed by atoms with Gasteiger partial charge in [-0.05, 0) is 57.6 Å². The van der Waals surface area contributed by atoms with Gasteiger partial charge < -0.3 is 10.2 Å². The zero-order chi connectivity index (χ0) is 21.7. The van der Waals surface area contributed by atoms with E-state index in [1.165, 1.54) is 22.9 Å².